The molecule has 10 heteroatoms. The predicted molar refractivity (Wildman–Crippen MR) is 124 cm³/mol. The van der Waals surface area contributed by atoms with Crippen molar-refractivity contribution in [2.24, 2.45) is 5.92 Å². The molecule has 3 rings (SSSR count). The number of hydrogen-bond acceptors (Lipinski definition) is 3. The highest BCUT2D eigenvalue weighted by Crippen LogP contribution is 2.35. The lowest BCUT2D eigenvalue weighted by Gasteiger charge is -2.26. The summed E-state index contributed by atoms with van der Waals surface area (Å²) in [4.78, 5) is 17.6. The molecule has 0 radical (unpaired) electrons. The fraction of sp³-hybridized carbons (Fsp3) is 0.308. The van der Waals surface area contributed by atoms with E-state index in [2.05, 4.69) is 4.98 Å². The van der Waals surface area contributed by atoms with E-state index in [-0.39, 0.29) is 23.9 Å². The zero-order valence-corrected chi connectivity index (χ0v) is 19.5. The molecule has 0 bridgehead atoms. The number of carboxylic acids is 1. The summed E-state index contributed by atoms with van der Waals surface area (Å²) in [6.45, 7) is 4.33. The van der Waals surface area contributed by atoms with Crippen molar-refractivity contribution < 1.29 is 36.2 Å². The summed E-state index contributed by atoms with van der Waals surface area (Å²) in [7, 11) is 0. The van der Waals surface area contributed by atoms with Gasteiger partial charge in [0.25, 0.3) is 0 Å². The predicted octanol–water partition coefficient (Wildman–Crippen LogP) is 7.60. The van der Waals surface area contributed by atoms with Gasteiger partial charge in [-0.05, 0) is 66.4 Å². The van der Waals surface area contributed by atoms with Crippen LogP contribution in [0.1, 0.15) is 37.0 Å². The van der Waals surface area contributed by atoms with Gasteiger partial charge in [0, 0.05) is 17.8 Å². The van der Waals surface area contributed by atoms with Gasteiger partial charge >= 0.3 is 18.3 Å². The zero-order valence-electron chi connectivity index (χ0n) is 19.5. The molecule has 36 heavy (non-hydrogen) atoms. The first-order valence-corrected chi connectivity index (χ1v) is 11.1. The largest absolute Gasteiger partial charge is 0.481 e. The van der Waals surface area contributed by atoms with E-state index in [0.717, 1.165) is 24.3 Å². The van der Waals surface area contributed by atoms with Crippen molar-refractivity contribution in [3.8, 4) is 11.3 Å². The first kappa shape index (κ1) is 27.0. The van der Waals surface area contributed by atoms with E-state index in [0.29, 0.717) is 29.8 Å². The highest BCUT2D eigenvalue weighted by Gasteiger charge is 2.31. The quantitative estimate of drug-likeness (QED) is 0.317. The van der Waals surface area contributed by atoms with Gasteiger partial charge in [-0.15, -0.1) is 0 Å². The lowest BCUT2D eigenvalue weighted by molar-refractivity contribution is -0.138. The second kappa shape index (κ2) is 10.6. The second-order valence-corrected chi connectivity index (χ2v) is 8.74. The zero-order chi connectivity index (χ0) is 26.7. The van der Waals surface area contributed by atoms with Crippen LogP contribution in [-0.2, 0) is 23.6 Å². The van der Waals surface area contributed by atoms with Gasteiger partial charge in [0.1, 0.15) is 5.82 Å². The number of aromatic nitrogens is 1. The normalized spacial score (nSPS) is 12.1. The minimum absolute atomic E-state index is 0.249. The van der Waals surface area contributed by atoms with E-state index in [1.54, 1.807) is 4.90 Å². The molecule has 0 aliphatic carbocycles. The van der Waals surface area contributed by atoms with Crippen LogP contribution in [0, 0.1) is 5.92 Å². The number of halogens is 6. The number of carbonyl (C=O) groups is 1. The number of hydrogen-bond donors (Lipinski definition) is 1. The summed E-state index contributed by atoms with van der Waals surface area (Å²) < 4.78 is 78.1. The smallest absolute Gasteiger partial charge is 0.416 e. The summed E-state index contributed by atoms with van der Waals surface area (Å²) in [6, 6.07) is 11.9. The lowest BCUT2D eigenvalue weighted by atomic mass is 10.0. The Kier molecular flexibility index (Phi) is 7.96. The van der Waals surface area contributed by atoms with E-state index in [4.69, 9.17) is 0 Å². The van der Waals surface area contributed by atoms with E-state index < -0.39 is 29.4 Å². The number of pyridine rings is 1. The third-order valence-corrected chi connectivity index (χ3v) is 5.45. The number of aliphatic carboxylic acids is 1. The Morgan fingerprint density at radius 1 is 0.889 bits per heavy atom. The molecule has 1 heterocycles. The molecule has 1 aromatic heterocycles. The van der Waals surface area contributed by atoms with Crippen LogP contribution in [0.25, 0.3) is 11.3 Å². The van der Waals surface area contributed by atoms with Gasteiger partial charge in [0.15, 0.2) is 0 Å². The average molecular weight is 510 g/mol. The topological polar surface area (TPSA) is 53.4 Å². The van der Waals surface area contributed by atoms with Gasteiger partial charge < -0.3 is 10.0 Å². The second-order valence-electron chi connectivity index (χ2n) is 8.74. The fourth-order valence-corrected chi connectivity index (χ4v) is 3.56. The number of carboxylic acid groups (broad SMARTS) is 1. The Morgan fingerprint density at radius 3 is 1.89 bits per heavy atom. The Balaban J connectivity index is 2.10. The fourth-order valence-electron chi connectivity index (χ4n) is 3.56. The molecule has 0 atom stereocenters. The van der Waals surface area contributed by atoms with Crippen LogP contribution >= 0.6 is 0 Å². The van der Waals surface area contributed by atoms with Crippen LogP contribution in [0.4, 0.5) is 37.8 Å². The molecule has 4 nitrogen and oxygen atoms in total. The molecule has 192 valence electrons. The summed E-state index contributed by atoms with van der Waals surface area (Å²) in [5, 5.41) is 9.32. The SMILES string of the molecule is CC(C)CCN(c1ccc(C(F)(F)F)cc1)c1cc(CC(=O)O)cc(-c2ccc(C(F)(F)F)cc2)n1. The van der Waals surface area contributed by atoms with Gasteiger partial charge in [-0.1, -0.05) is 26.0 Å². The summed E-state index contributed by atoms with van der Waals surface area (Å²) in [6.07, 6.45) is -8.73. The summed E-state index contributed by atoms with van der Waals surface area (Å²) >= 11 is 0. The molecule has 0 saturated heterocycles. The van der Waals surface area contributed by atoms with Crippen LogP contribution < -0.4 is 4.90 Å². The standard InChI is InChI=1S/C26H24F6N2O2/c1-16(2)11-12-34(21-9-7-20(8-10-21)26(30,31)32)23-14-17(15-24(35)36)13-22(33-23)18-3-5-19(6-4-18)25(27,28)29/h3-10,13-14,16H,11-12,15H2,1-2H3,(H,35,36). The molecule has 0 spiro atoms. The molecule has 0 unspecified atom stereocenters. The lowest BCUT2D eigenvalue weighted by Crippen LogP contribution is -2.22. The molecule has 3 aromatic rings. The van der Waals surface area contributed by atoms with Crippen LogP contribution in [0.2, 0.25) is 0 Å². The molecule has 0 fully saturated rings. The number of benzene rings is 2. The third-order valence-electron chi connectivity index (χ3n) is 5.45. The Bertz CT molecular complexity index is 1190. The maximum atomic E-state index is 13.1. The van der Waals surface area contributed by atoms with Gasteiger partial charge in [0.2, 0.25) is 0 Å². The van der Waals surface area contributed by atoms with Crippen LogP contribution in [-0.4, -0.2) is 22.6 Å². The highest BCUT2D eigenvalue weighted by molar-refractivity contribution is 5.73. The van der Waals surface area contributed by atoms with Gasteiger partial charge in [-0.3, -0.25) is 4.79 Å². The Labute approximate surface area is 204 Å². The first-order valence-electron chi connectivity index (χ1n) is 11.1. The van der Waals surface area contributed by atoms with Gasteiger partial charge in [-0.2, -0.15) is 26.3 Å². The molecule has 0 saturated carbocycles. The maximum Gasteiger partial charge on any atom is 0.416 e. The molecule has 1 N–H and O–H groups in total. The number of nitrogens with zero attached hydrogens (tertiary/aromatic N) is 2. The minimum Gasteiger partial charge on any atom is -0.481 e. The van der Waals surface area contributed by atoms with Gasteiger partial charge in [-0.25, -0.2) is 4.98 Å². The van der Waals surface area contributed by atoms with E-state index in [1.165, 1.54) is 36.4 Å². The van der Waals surface area contributed by atoms with Crippen molar-refractivity contribution in [3.05, 3.63) is 77.4 Å². The maximum absolute atomic E-state index is 13.1. The van der Waals surface area contributed by atoms with Crippen molar-refractivity contribution in [2.45, 2.75) is 39.0 Å². The molecule has 0 aliphatic heterocycles. The van der Waals surface area contributed by atoms with Crippen LogP contribution in [0.3, 0.4) is 0 Å². The number of rotatable bonds is 8. The highest BCUT2D eigenvalue weighted by atomic mass is 19.4. The molecular formula is C26H24F6N2O2. The molecular weight excluding hydrogens is 486 g/mol. The monoisotopic (exact) mass is 510 g/mol. The van der Waals surface area contributed by atoms with E-state index in [9.17, 15) is 36.2 Å². The van der Waals surface area contributed by atoms with Crippen molar-refractivity contribution in [1.29, 1.82) is 0 Å². The summed E-state index contributed by atoms with van der Waals surface area (Å²) in [5.74, 6) is -0.587. The van der Waals surface area contributed by atoms with Crippen molar-refractivity contribution in [2.75, 3.05) is 11.4 Å². The van der Waals surface area contributed by atoms with Crippen molar-refractivity contribution in [1.82, 2.24) is 4.98 Å². The summed E-state index contributed by atoms with van der Waals surface area (Å²) in [5.41, 5.74) is -0.290. The molecule has 0 aliphatic rings. The van der Waals surface area contributed by atoms with Crippen LogP contribution in [0.5, 0.6) is 0 Å². The first-order chi connectivity index (χ1) is 16.7. The number of anilines is 2. The Hall–Kier alpha value is -3.56. The minimum atomic E-state index is -4.52. The van der Waals surface area contributed by atoms with Crippen molar-refractivity contribution in [3.63, 3.8) is 0 Å². The van der Waals surface area contributed by atoms with Crippen molar-refractivity contribution >= 4 is 17.5 Å². The Morgan fingerprint density at radius 2 is 1.42 bits per heavy atom. The molecule has 0 amide bonds. The number of alkyl halides is 6. The third kappa shape index (κ3) is 6.99. The van der Waals surface area contributed by atoms with E-state index >= 15 is 0 Å². The van der Waals surface area contributed by atoms with Crippen LogP contribution in [0.15, 0.2) is 60.7 Å². The molecule has 2 aromatic carbocycles. The van der Waals surface area contributed by atoms with Gasteiger partial charge in [0.05, 0.1) is 23.2 Å². The average Bonchev–Trinajstić information content (AvgIpc) is 2.78. The van der Waals surface area contributed by atoms with E-state index in [1.807, 2.05) is 13.8 Å².